The zero-order valence-corrected chi connectivity index (χ0v) is 11.6. The Kier molecular flexibility index (Phi) is 3.91. The molecule has 1 aromatic rings. The third-order valence-corrected chi connectivity index (χ3v) is 6.10. The lowest BCUT2D eigenvalue weighted by atomic mass is 10.2. The van der Waals surface area contributed by atoms with E-state index in [1.165, 1.54) is 12.1 Å². The van der Waals surface area contributed by atoms with Crippen molar-refractivity contribution in [2.75, 3.05) is 11.1 Å². The van der Waals surface area contributed by atoms with Gasteiger partial charge in [-0.25, -0.2) is 13.2 Å². The summed E-state index contributed by atoms with van der Waals surface area (Å²) in [5.74, 6) is -1.61. The normalized spacial score (nSPS) is 21.8. The van der Waals surface area contributed by atoms with Crippen LogP contribution in [0.25, 0.3) is 0 Å². The average molecular weight is 303 g/mol. The fourth-order valence-corrected chi connectivity index (χ4v) is 4.52. The molecule has 1 saturated heterocycles. The van der Waals surface area contributed by atoms with E-state index in [9.17, 15) is 18.0 Å². The predicted molar refractivity (Wildman–Crippen MR) is 71.3 cm³/mol. The number of rotatable bonds is 3. The molecule has 1 aliphatic rings. The lowest BCUT2D eigenvalue weighted by Crippen LogP contribution is -2.38. The minimum Gasteiger partial charge on any atom is -0.477 e. The van der Waals surface area contributed by atoms with Gasteiger partial charge < -0.3 is 10.4 Å². The van der Waals surface area contributed by atoms with Gasteiger partial charge in [-0.2, -0.15) is 0 Å². The van der Waals surface area contributed by atoms with Gasteiger partial charge in [0.2, 0.25) is 5.91 Å². The largest absolute Gasteiger partial charge is 0.477 e. The fraction of sp³-hybridized carbons (Fsp3) is 0.455. The Labute approximate surface area is 114 Å². The topological polar surface area (TPSA) is 101 Å². The maximum Gasteiger partial charge on any atom is 0.345 e. The number of anilines is 1. The first kappa shape index (κ1) is 14.0. The number of sulfone groups is 1. The van der Waals surface area contributed by atoms with Crippen molar-refractivity contribution < 1.29 is 23.1 Å². The molecule has 0 spiro atoms. The van der Waals surface area contributed by atoms with E-state index in [0.717, 1.165) is 11.3 Å². The summed E-state index contributed by atoms with van der Waals surface area (Å²) in [4.78, 5) is 22.7. The third-order valence-electron chi connectivity index (χ3n) is 2.93. The number of aromatic carboxylic acids is 1. The predicted octanol–water partition coefficient (Wildman–Crippen LogP) is 1.35. The van der Waals surface area contributed by atoms with Crippen molar-refractivity contribution in [2.45, 2.75) is 24.5 Å². The number of carboxylic acids is 1. The minimum absolute atomic E-state index is 0.0376. The highest BCUT2D eigenvalue weighted by Crippen LogP contribution is 2.25. The Morgan fingerprint density at radius 2 is 2.05 bits per heavy atom. The van der Waals surface area contributed by atoms with Gasteiger partial charge in [0.25, 0.3) is 0 Å². The van der Waals surface area contributed by atoms with E-state index in [4.69, 9.17) is 5.11 Å². The van der Waals surface area contributed by atoms with Crippen LogP contribution in [0.15, 0.2) is 12.1 Å². The maximum absolute atomic E-state index is 11.9. The van der Waals surface area contributed by atoms with Gasteiger partial charge in [-0.1, -0.05) is 6.42 Å². The van der Waals surface area contributed by atoms with Crippen molar-refractivity contribution in [1.82, 2.24) is 0 Å². The molecule has 1 atom stereocenters. The Bertz CT molecular complexity index is 604. The average Bonchev–Trinajstić information content (AvgIpc) is 2.76. The molecule has 2 N–H and O–H groups in total. The lowest BCUT2D eigenvalue weighted by Gasteiger charge is -2.20. The van der Waals surface area contributed by atoms with Gasteiger partial charge in [-0.3, -0.25) is 4.79 Å². The molecule has 0 saturated carbocycles. The SMILES string of the molecule is O=C(O)c1ccc(NC(=O)C2CCCCS2(=O)=O)s1. The summed E-state index contributed by atoms with van der Waals surface area (Å²) in [5.41, 5.74) is 0. The van der Waals surface area contributed by atoms with Gasteiger partial charge >= 0.3 is 5.97 Å². The van der Waals surface area contributed by atoms with Gasteiger partial charge in [-0.05, 0) is 25.0 Å². The summed E-state index contributed by atoms with van der Waals surface area (Å²) < 4.78 is 23.6. The number of amides is 1. The van der Waals surface area contributed by atoms with Crippen LogP contribution in [0.3, 0.4) is 0 Å². The Hall–Kier alpha value is -1.41. The van der Waals surface area contributed by atoms with Crippen molar-refractivity contribution >= 4 is 38.1 Å². The summed E-state index contributed by atoms with van der Waals surface area (Å²) in [6.07, 6.45) is 1.63. The first-order chi connectivity index (χ1) is 8.90. The third kappa shape index (κ3) is 3.13. The molecule has 1 aromatic heterocycles. The highest BCUT2D eigenvalue weighted by Gasteiger charge is 2.34. The molecule has 0 radical (unpaired) electrons. The van der Waals surface area contributed by atoms with Crippen molar-refractivity contribution in [2.24, 2.45) is 0 Å². The molecule has 0 bridgehead atoms. The molecular formula is C11H13NO5S2. The van der Waals surface area contributed by atoms with Gasteiger partial charge in [0.15, 0.2) is 9.84 Å². The molecule has 6 nitrogen and oxygen atoms in total. The van der Waals surface area contributed by atoms with E-state index in [2.05, 4.69) is 5.32 Å². The molecule has 1 unspecified atom stereocenters. The zero-order valence-electron chi connectivity index (χ0n) is 9.96. The number of hydrogen-bond donors (Lipinski definition) is 2. The molecule has 2 heterocycles. The molecule has 8 heteroatoms. The summed E-state index contributed by atoms with van der Waals surface area (Å²) >= 11 is 0.907. The van der Waals surface area contributed by atoms with E-state index in [1.54, 1.807) is 0 Å². The first-order valence-electron chi connectivity index (χ1n) is 5.76. The van der Waals surface area contributed by atoms with Crippen LogP contribution in [0.4, 0.5) is 5.00 Å². The fourth-order valence-electron chi connectivity index (χ4n) is 1.97. The second-order valence-corrected chi connectivity index (χ2v) is 7.70. The molecule has 1 aliphatic heterocycles. The molecule has 0 aromatic carbocycles. The molecular weight excluding hydrogens is 290 g/mol. The van der Waals surface area contributed by atoms with Crippen molar-refractivity contribution in [3.8, 4) is 0 Å². The lowest BCUT2D eigenvalue weighted by molar-refractivity contribution is -0.116. The second kappa shape index (κ2) is 5.30. The Balaban J connectivity index is 2.09. The number of nitrogens with one attached hydrogen (secondary N) is 1. The molecule has 0 aliphatic carbocycles. The van der Waals surface area contributed by atoms with Crippen molar-refractivity contribution in [1.29, 1.82) is 0 Å². The van der Waals surface area contributed by atoms with Crippen LogP contribution in [-0.2, 0) is 14.6 Å². The minimum atomic E-state index is -3.38. The summed E-state index contributed by atoms with van der Waals surface area (Å²) in [5, 5.41) is 10.6. The molecule has 104 valence electrons. The van der Waals surface area contributed by atoms with Crippen LogP contribution in [-0.4, -0.2) is 36.4 Å². The van der Waals surface area contributed by atoms with Gasteiger partial charge in [0.1, 0.15) is 10.1 Å². The zero-order chi connectivity index (χ0) is 14.0. The second-order valence-electron chi connectivity index (χ2n) is 4.31. The highest BCUT2D eigenvalue weighted by atomic mass is 32.2. The van der Waals surface area contributed by atoms with E-state index in [1.807, 2.05) is 0 Å². The number of carbonyl (C=O) groups is 2. The highest BCUT2D eigenvalue weighted by molar-refractivity contribution is 7.92. The molecule has 2 rings (SSSR count). The first-order valence-corrected chi connectivity index (χ1v) is 8.29. The van der Waals surface area contributed by atoms with E-state index in [-0.39, 0.29) is 10.6 Å². The van der Waals surface area contributed by atoms with Gasteiger partial charge in [-0.15, -0.1) is 11.3 Å². The monoisotopic (exact) mass is 303 g/mol. The number of hydrogen-bond acceptors (Lipinski definition) is 5. The van der Waals surface area contributed by atoms with Crippen molar-refractivity contribution in [3.63, 3.8) is 0 Å². The van der Waals surface area contributed by atoms with Crippen molar-refractivity contribution in [3.05, 3.63) is 17.0 Å². The molecule has 1 amide bonds. The van der Waals surface area contributed by atoms with Crippen LogP contribution < -0.4 is 5.32 Å². The molecule has 19 heavy (non-hydrogen) atoms. The van der Waals surface area contributed by atoms with Crippen LogP contribution >= 0.6 is 11.3 Å². The van der Waals surface area contributed by atoms with Crippen LogP contribution in [0.5, 0.6) is 0 Å². The number of thiophene rings is 1. The standard InChI is InChI=1S/C11H13NO5S2/c13-10(8-3-1-2-6-19(8,16)17)12-9-5-4-7(18-9)11(14)15/h4-5,8H,1-3,6H2,(H,12,13)(H,14,15). The van der Waals surface area contributed by atoms with Gasteiger partial charge in [0.05, 0.1) is 10.8 Å². The van der Waals surface area contributed by atoms with Crippen LogP contribution in [0, 0.1) is 0 Å². The summed E-state index contributed by atoms with van der Waals surface area (Å²) in [6.45, 7) is 0. The van der Waals surface area contributed by atoms with E-state index in [0.29, 0.717) is 24.3 Å². The quantitative estimate of drug-likeness (QED) is 0.878. The molecule has 1 fully saturated rings. The van der Waals surface area contributed by atoms with Gasteiger partial charge in [0, 0.05) is 0 Å². The summed E-state index contributed by atoms with van der Waals surface area (Å²) in [6, 6.07) is 2.83. The maximum atomic E-state index is 11.9. The smallest absolute Gasteiger partial charge is 0.345 e. The van der Waals surface area contributed by atoms with E-state index >= 15 is 0 Å². The Morgan fingerprint density at radius 1 is 1.32 bits per heavy atom. The van der Waals surface area contributed by atoms with Crippen LogP contribution in [0.2, 0.25) is 0 Å². The van der Waals surface area contributed by atoms with E-state index < -0.39 is 27.0 Å². The number of carbonyl (C=O) groups excluding carboxylic acids is 1. The Morgan fingerprint density at radius 3 is 2.63 bits per heavy atom. The summed E-state index contributed by atoms with van der Waals surface area (Å²) in [7, 11) is -3.38. The van der Waals surface area contributed by atoms with Crippen LogP contribution in [0.1, 0.15) is 28.9 Å². The number of carboxylic acid groups (broad SMARTS) is 1.